The van der Waals surface area contributed by atoms with Crippen molar-refractivity contribution in [3.8, 4) is 5.75 Å². The van der Waals surface area contributed by atoms with Crippen molar-refractivity contribution in [3.05, 3.63) is 35.9 Å². The van der Waals surface area contributed by atoms with E-state index in [1.807, 2.05) is 12.2 Å². The Bertz CT molecular complexity index is 514. The number of phenolic OH excluding ortho intramolecular Hbond substituents is 1. The molecule has 5 heteroatoms. The molecular weight excluding hydrogens is 234 g/mol. The summed E-state index contributed by atoms with van der Waals surface area (Å²) in [4.78, 5) is 22.5. The Hall–Kier alpha value is -2.30. The number of hydrogen-bond acceptors (Lipinski definition) is 3. The number of aromatic hydroxyl groups is 1. The Labute approximate surface area is 104 Å². The molecule has 1 aliphatic carbocycles. The van der Waals surface area contributed by atoms with Crippen LogP contribution in [0.5, 0.6) is 5.75 Å². The van der Waals surface area contributed by atoms with E-state index < -0.39 is 5.97 Å². The molecule has 1 aromatic carbocycles. The summed E-state index contributed by atoms with van der Waals surface area (Å²) in [5, 5.41) is 21.0. The van der Waals surface area contributed by atoms with Gasteiger partial charge in [-0.1, -0.05) is 12.2 Å². The predicted molar refractivity (Wildman–Crippen MR) is 65.6 cm³/mol. The molecule has 2 rings (SSSR count). The van der Waals surface area contributed by atoms with Crippen molar-refractivity contribution in [2.75, 3.05) is 5.32 Å². The smallest absolute Gasteiger partial charge is 0.335 e. The van der Waals surface area contributed by atoms with Gasteiger partial charge < -0.3 is 15.5 Å². The second-order valence-electron chi connectivity index (χ2n) is 4.17. The number of rotatable bonds is 3. The van der Waals surface area contributed by atoms with Crippen molar-refractivity contribution in [1.29, 1.82) is 0 Å². The van der Waals surface area contributed by atoms with E-state index in [2.05, 4.69) is 5.32 Å². The number of carbonyl (C=O) groups is 2. The van der Waals surface area contributed by atoms with Crippen LogP contribution in [0, 0.1) is 5.92 Å². The lowest BCUT2D eigenvalue weighted by atomic mass is 10.1. The summed E-state index contributed by atoms with van der Waals surface area (Å²) >= 11 is 0. The SMILES string of the molecule is O=C(O)c1ccc(NC(=O)C2CC=CC2)c(O)c1. The highest BCUT2D eigenvalue weighted by atomic mass is 16.4. The highest BCUT2D eigenvalue weighted by Crippen LogP contribution is 2.26. The van der Waals surface area contributed by atoms with Crippen molar-refractivity contribution >= 4 is 17.6 Å². The minimum Gasteiger partial charge on any atom is -0.506 e. The summed E-state index contributed by atoms with van der Waals surface area (Å²) in [5.74, 6) is -1.64. The maximum Gasteiger partial charge on any atom is 0.335 e. The number of benzene rings is 1. The molecule has 0 saturated heterocycles. The summed E-state index contributed by atoms with van der Waals surface area (Å²) < 4.78 is 0. The first kappa shape index (κ1) is 12.2. The summed E-state index contributed by atoms with van der Waals surface area (Å²) in [6.45, 7) is 0. The third kappa shape index (κ3) is 2.51. The number of carbonyl (C=O) groups excluding carboxylic acids is 1. The summed E-state index contributed by atoms with van der Waals surface area (Å²) in [7, 11) is 0. The molecule has 0 aromatic heterocycles. The first-order valence-corrected chi connectivity index (χ1v) is 5.60. The van der Waals surface area contributed by atoms with E-state index in [1.54, 1.807) is 0 Å². The van der Waals surface area contributed by atoms with Gasteiger partial charge in [-0.05, 0) is 31.0 Å². The van der Waals surface area contributed by atoms with Crippen LogP contribution >= 0.6 is 0 Å². The summed E-state index contributed by atoms with van der Waals surface area (Å²) in [6, 6.07) is 3.84. The topological polar surface area (TPSA) is 86.6 Å². The number of nitrogens with one attached hydrogen (secondary N) is 1. The van der Waals surface area contributed by atoms with Gasteiger partial charge >= 0.3 is 5.97 Å². The largest absolute Gasteiger partial charge is 0.506 e. The molecule has 0 heterocycles. The first-order valence-electron chi connectivity index (χ1n) is 5.60. The number of carboxylic acid groups (broad SMARTS) is 1. The molecule has 1 amide bonds. The summed E-state index contributed by atoms with van der Waals surface area (Å²) in [6.07, 6.45) is 5.27. The average Bonchev–Trinajstić information content (AvgIpc) is 2.85. The van der Waals surface area contributed by atoms with Crippen LogP contribution in [0.1, 0.15) is 23.2 Å². The molecule has 0 unspecified atom stereocenters. The Morgan fingerprint density at radius 2 is 1.89 bits per heavy atom. The van der Waals surface area contributed by atoms with E-state index in [9.17, 15) is 14.7 Å². The molecular formula is C13H13NO4. The molecule has 0 saturated carbocycles. The Morgan fingerprint density at radius 1 is 1.22 bits per heavy atom. The highest BCUT2D eigenvalue weighted by Gasteiger charge is 2.20. The van der Waals surface area contributed by atoms with Crippen LogP contribution in [0.25, 0.3) is 0 Å². The van der Waals surface area contributed by atoms with Crippen molar-refractivity contribution in [2.24, 2.45) is 5.92 Å². The van der Waals surface area contributed by atoms with Crippen LogP contribution in [0.3, 0.4) is 0 Å². The fraction of sp³-hybridized carbons (Fsp3) is 0.231. The maximum absolute atomic E-state index is 11.8. The number of allylic oxidation sites excluding steroid dienone is 2. The zero-order valence-corrected chi connectivity index (χ0v) is 9.59. The van der Waals surface area contributed by atoms with Gasteiger partial charge in [0.05, 0.1) is 11.3 Å². The third-order valence-corrected chi connectivity index (χ3v) is 2.88. The zero-order chi connectivity index (χ0) is 13.1. The van der Waals surface area contributed by atoms with E-state index >= 15 is 0 Å². The van der Waals surface area contributed by atoms with Gasteiger partial charge in [-0.15, -0.1) is 0 Å². The minimum absolute atomic E-state index is 0.0203. The lowest BCUT2D eigenvalue weighted by Crippen LogP contribution is -2.20. The average molecular weight is 247 g/mol. The molecule has 0 radical (unpaired) electrons. The van der Waals surface area contributed by atoms with Crippen molar-refractivity contribution < 1.29 is 19.8 Å². The number of phenols is 1. The number of aromatic carboxylic acids is 1. The highest BCUT2D eigenvalue weighted by molar-refractivity contribution is 5.95. The molecule has 3 N–H and O–H groups in total. The maximum atomic E-state index is 11.8. The van der Waals surface area contributed by atoms with Crippen LogP contribution in [0.4, 0.5) is 5.69 Å². The van der Waals surface area contributed by atoms with E-state index in [1.165, 1.54) is 12.1 Å². The number of anilines is 1. The second-order valence-corrected chi connectivity index (χ2v) is 4.17. The van der Waals surface area contributed by atoms with Crippen LogP contribution in [0.2, 0.25) is 0 Å². The van der Waals surface area contributed by atoms with Gasteiger partial charge in [0, 0.05) is 5.92 Å². The standard InChI is InChI=1S/C13H13NO4/c15-11-7-9(13(17)18)5-6-10(11)14-12(16)8-3-1-2-4-8/h1-2,5-8,15H,3-4H2,(H,14,16)(H,17,18). The van der Waals surface area contributed by atoms with Crippen LogP contribution in [0.15, 0.2) is 30.4 Å². The van der Waals surface area contributed by atoms with Gasteiger partial charge in [-0.3, -0.25) is 4.79 Å². The van der Waals surface area contributed by atoms with Crippen molar-refractivity contribution in [3.63, 3.8) is 0 Å². The van der Waals surface area contributed by atoms with Gasteiger partial charge in [-0.25, -0.2) is 4.79 Å². The lowest BCUT2D eigenvalue weighted by molar-refractivity contribution is -0.119. The molecule has 5 nitrogen and oxygen atoms in total. The molecule has 0 aliphatic heterocycles. The molecule has 0 bridgehead atoms. The summed E-state index contributed by atoms with van der Waals surface area (Å²) in [5.41, 5.74) is 0.213. The molecule has 1 aromatic rings. The van der Waals surface area contributed by atoms with Crippen molar-refractivity contribution in [1.82, 2.24) is 0 Å². The van der Waals surface area contributed by atoms with E-state index in [4.69, 9.17) is 5.11 Å². The third-order valence-electron chi connectivity index (χ3n) is 2.88. The Balaban J connectivity index is 2.09. The van der Waals surface area contributed by atoms with Gasteiger partial charge in [0.25, 0.3) is 0 Å². The van der Waals surface area contributed by atoms with Gasteiger partial charge in [0.2, 0.25) is 5.91 Å². The Kier molecular flexibility index (Phi) is 3.32. The van der Waals surface area contributed by atoms with E-state index in [0.717, 1.165) is 6.07 Å². The molecule has 0 atom stereocenters. The van der Waals surface area contributed by atoms with Gasteiger partial charge in [0.1, 0.15) is 5.75 Å². The molecule has 0 spiro atoms. The van der Waals surface area contributed by atoms with E-state index in [0.29, 0.717) is 12.8 Å². The fourth-order valence-electron chi connectivity index (χ4n) is 1.84. The Morgan fingerprint density at radius 3 is 2.44 bits per heavy atom. The molecule has 18 heavy (non-hydrogen) atoms. The monoisotopic (exact) mass is 247 g/mol. The predicted octanol–water partition coefficient (Wildman–Crippen LogP) is 2.00. The first-order chi connectivity index (χ1) is 8.58. The van der Waals surface area contributed by atoms with Crippen LogP contribution in [-0.2, 0) is 4.79 Å². The quantitative estimate of drug-likeness (QED) is 0.563. The molecule has 94 valence electrons. The van der Waals surface area contributed by atoms with Gasteiger partial charge in [0.15, 0.2) is 0 Å². The zero-order valence-electron chi connectivity index (χ0n) is 9.59. The molecule has 1 aliphatic rings. The second kappa shape index (κ2) is 4.91. The number of hydrogen-bond donors (Lipinski definition) is 3. The number of carboxylic acids is 1. The van der Waals surface area contributed by atoms with Crippen molar-refractivity contribution in [2.45, 2.75) is 12.8 Å². The lowest BCUT2D eigenvalue weighted by Gasteiger charge is -2.11. The normalized spacial score (nSPS) is 14.7. The van der Waals surface area contributed by atoms with Crippen LogP contribution < -0.4 is 5.32 Å². The minimum atomic E-state index is -1.12. The van der Waals surface area contributed by atoms with Gasteiger partial charge in [-0.2, -0.15) is 0 Å². The van der Waals surface area contributed by atoms with E-state index in [-0.39, 0.29) is 28.8 Å². The van der Waals surface area contributed by atoms with Crippen LogP contribution in [-0.4, -0.2) is 22.1 Å². The fourth-order valence-corrected chi connectivity index (χ4v) is 1.84. The number of amides is 1. The molecule has 0 fully saturated rings.